The number of carbonyl (C=O) groups is 3. The van der Waals surface area contributed by atoms with Crippen LogP contribution in [0.1, 0.15) is 5.56 Å². The molecule has 3 rings (SSSR count). The number of benzene rings is 2. The summed E-state index contributed by atoms with van der Waals surface area (Å²) in [4.78, 5) is 36.4. The van der Waals surface area contributed by atoms with Crippen LogP contribution in [0.5, 0.6) is 5.75 Å². The molecule has 162 valence electrons. The monoisotopic (exact) mass is 501 g/mol. The average molecular weight is 502 g/mol. The molecule has 1 saturated heterocycles. The van der Waals surface area contributed by atoms with Crippen molar-refractivity contribution in [3.8, 4) is 5.75 Å². The van der Waals surface area contributed by atoms with Gasteiger partial charge >= 0.3 is 16.1 Å². The number of hydrogen-bond donors (Lipinski definition) is 0. The van der Waals surface area contributed by atoms with Crippen LogP contribution >= 0.6 is 35.0 Å². The van der Waals surface area contributed by atoms with E-state index in [1.807, 2.05) is 0 Å². The minimum atomic E-state index is -4.14. The Bertz CT molecular complexity index is 1190. The van der Waals surface area contributed by atoms with Crippen molar-refractivity contribution in [1.29, 1.82) is 0 Å². The van der Waals surface area contributed by atoms with Gasteiger partial charge in [-0.15, -0.1) is 0 Å². The Morgan fingerprint density at radius 1 is 1.13 bits per heavy atom. The molecule has 12 heteroatoms. The average Bonchev–Trinajstić information content (AvgIpc) is 2.97. The van der Waals surface area contributed by atoms with E-state index < -0.39 is 33.8 Å². The van der Waals surface area contributed by atoms with E-state index in [1.165, 1.54) is 48.5 Å². The summed E-state index contributed by atoms with van der Waals surface area (Å²) in [6.07, 6.45) is 1.39. The quantitative estimate of drug-likeness (QED) is 0.332. The number of ether oxygens (including phenoxy) is 1. The normalized spacial score (nSPS) is 15.5. The summed E-state index contributed by atoms with van der Waals surface area (Å²) in [5, 5.41) is -0.265. The molecule has 31 heavy (non-hydrogen) atoms. The Labute approximate surface area is 191 Å². The molecule has 0 spiro atoms. The van der Waals surface area contributed by atoms with Gasteiger partial charge in [-0.2, -0.15) is 8.42 Å². The molecule has 0 aromatic heterocycles. The van der Waals surface area contributed by atoms with Crippen LogP contribution in [-0.2, 0) is 24.4 Å². The summed E-state index contributed by atoms with van der Waals surface area (Å²) in [5.41, 5.74) is 0.421. The number of carbonyl (C=O) groups excluding carboxylic acids is 3. The van der Waals surface area contributed by atoms with Crippen molar-refractivity contribution in [2.75, 3.05) is 13.7 Å². The SMILES string of the molecule is COC(=O)CN1C(=O)S/C(=C\c2ccc(OS(=O)(=O)c3ccc(Cl)cc3)c(Cl)c2)C1=O. The Kier molecular flexibility index (Phi) is 6.95. The van der Waals surface area contributed by atoms with Crippen molar-refractivity contribution in [1.82, 2.24) is 4.90 Å². The van der Waals surface area contributed by atoms with Gasteiger partial charge in [0, 0.05) is 5.02 Å². The van der Waals surface area contributed by atoms with Gasteiger partial charge < -0.3 is 8.92 Å². The number of hydrogen-bond acceptors (Lipinski definition) is 8. The smallest absolute Gasteiger partial charge is 0.339 e. The first-order valence-corrected chi connectivity index (χ1v) is 11.4. The highest BCUT2D eigenvalue weighted by molar-refractivity contribution is 8.18. The Morgan fingerprint density at radius 3 is 2.42 bits per heavy atom. The van der Waals surface area contributed by atoms with E-state index in [9.17, 15) is 22.8 Å². The zero-order valence-electron chi connectivity index (χ0n) is 15.7. The first-order valence-electron chi connectivity index (χ1n) is 8.42. The zero-order valence-corrected chi connectivity index (χ0v) is 18.8. The second kappa shape index (κ2) is 9.31. The predicted molar refractivity (Wildman–Crippen MR) is 115 cm³/mol. The van der Waals surface area contributed by atoms with E-state index in [-0.39, 0.29) is 20.6 Å². The Balaban J connectivity index is 1.79. The highest BCUT2D eigenvalue weighted by Gasteiger charge is 2.36. The van der Waals surface area contributed by atoms with E-state index in [2.05, 4.69) is 4.74 Å². The van der Waals surface area contributed by atoms with Crippen LogP contribution in [0.15, 0.2) is 52.3 Å². The molecule has 0 aliphatic carbocycles. The van der Waals surface area contributed by atoms with Crippen LogP contribution < -0.4 is 4.18 Å². The highest BCUT2D eigenvalue weighted by Crippen LogP contribution is 2.34. The summed E-state index contributed by atoms with van der Waals surface area (Å²) in [7, 11) is -2.99. The molecule has 0 bridgehead atoms. The number of esters is 1. The van der Waals surface area contributed by atoms with Crippen molar-refractivity contribution >= 4 is 68.3 Å². The standard InChI is InChI=1S/C19H13Cl2NO7S2/c1-28-17(23)10-22-18(24)16(30-19(22)25)9-11-2-7-15(14(21)8-11)29-31(26,27)13-5-3-12(20)4-6-13/h2-9H,10H2,1H3/b16-9-. The molecular weight excluding hydrogens is 489 g/mol. The van der Waals surface area contributed by atoms with Gasteiger partial charge in [0.1, 0.15) is 11.4 Å². The van der Waals surface area contributed by atoms with Crippen molar-refractivity contribution in [2.45, 2.75) is 4.90 Å². The molecule has 0 N–H and O–H groups in total. The maximum Gasteiger partial charge on any atom is 0.339 e. The number of rotatable bonds is 6. The van der Waals surface area contributed by atoms with Crippen LogP contribution in [0.2, 0.25) is 10.0 Å². The lowest BCUT2D eigenvalue weighted by molar-refractivity contribution is -0.143. The van der Waals surface area contributed by atoms with E-state index in [4.69, 9.17) is 27.4 Å². The molecule has 1 aliphatic heterocycles. The molecule has 8 nitrogen and oxygen atoms in total. The summed E-state index contributed by atoms with van der Waals surface area (Å²) in [6, 6.07) is 9.58. The third-order valence-corrected chi connectivity index (χ3v) is 6.65. The van der Waals surface area contributed by atoms with Crippen molar-refractivity contribution in [3.63, 3.8) is 0 Å². The van der Waals surface area contributed by atoms with Gasteiger partial charge in [-0.05, 0) is 59.8 Å². The molecule has 2 aromatic rings. The van der Waals surface area contributed by atoms with Crippen LogP contribution in [0.4, 0.5) is 4.79 Å². The molecule has 0 radical (unpaired) electrons. The Morgan fingerprint density at radius 2 is 1.81 bits per heavy atom. The summed E-state index contributed by atoms with van der Waals surface area (Å²) < 4.78 is 34.3. The molecule has 0 atom stereocenters. The van der Waals surface area contributed by atoms with Gasteiger partial charge in [-0.25, -0.2) is 0 Å². The first-order chi connectivity index (χ1) is 14.6. The lowest BCUT2D eigenvalue weighted by Crippen LogP contribution is -2.34. The number of methoxy groups -OCH3 is 1. The molecule has 1 heterocycles. The summed E-state index contributed by atoms with van der Waals surface area (Å²) in [6.45, 7) is -0.491. The van der Waals surface area contributed by atoms with Crippen LogP contribution in [-0.4, -0.2) is 44.1 Å². The topological polar surface area (TPSA) is 107 Å². The maximum absolute atomic E-state index is 12.4. The molecule has 2 aromatic carbocycles. The third kappa shape index (κ3) is 5.40. The Hall–Kier alpha value is -2.53. The van der Waals surface area contributed by atoms with Gasteiger partial charge in [0.15, 0.2) is 5.75 Å². The fourth-order valence-corrected chi connectivity index (χ4v) is 4.61. The van der Waals surface area contributed by atoms with Crippen molar-refractivity contribution in [3.05, 3.63) is 63.0 Å². The minimum absolute atomic E-state index is 0.0277. The van der Waals surface area contributed by atoms with E-state index in [0.29, 0.717) is 22.3 Å². The van der Waals surface area contributed by atoms with Crippen molar-refractivity contribution < 1.29 is 31.7 Å². The number of imide groups is 1. The van der Waals surface area contributed by atoms with Crippen LogP contribution in [0.25, 0.3) is 6.08 Å². The van der Waals surface area contributed by atoms with Gasteiger partial charge in [0.2, 0.25) is 0 Å². The largest absolute Gasteiger partial charge is 0.468 e. The fraction of sp³-hybridized carbons (Fsp3) is 0.105. The third-order valence-electron chi connectivity index (χ3n) is 3.94. The molecule has 0 saturated carbocycles. The van der Waals surface area contributed by atoms with Gasteiger partial charge in [-0.3, -0.25) is 19.3 Å². The van der Waals surface area contributed by atoms with Crippen LogP contribution in [0, 0.1) is 0 Å². The second-order valence-electron chi connectivity index (χ2n) is 6.03. The lowest BCUT2D eigenvalue weighted by atomic mass is 10.2. The number of thioether (sulfide) groups is 1. The van der Waals surface area contributed by atoms with E-state index in [0.717, 1.165) is 12.0 Å². The van der Waals surface area contributed by atoms with Gasteiger partial charge in [0.25, 0.3) is 11.1 Å². The summed E-state index contributed by atoms with van der Waals surface area (Å²) in [5.74, 6) is -1.50. The summed E-state index contributed by atoms with van der Waals surface area (Å²) >= 11 is 12.6. The molecule has 0 unspecified atom stereocenters. The lowest BCUT2D eigenvalue weighted by Gasteiger charge is -2.10. The predicted octanol–water partition coefficient (Wildman–Crippen LogP) is 3.97. The molecule has 2 amide bonds. The number of halogens is 2. The van der Waals surface area contributed by atoms with Gasteiger partial charge in [0.05, 0.1) is 17.0 Å². The molecule has 1 aliphatic rings. The first kappa shape index (κ1) is 23.1. The van der Waals surface area contributed by atoms with E-state index >= 15 is 0 Å². The van der Waals surface area contributed by atoms with Crippen LogP contribution in [0.3, 0.4) is 0 Å². The highest BCUT2D eigenvalue weighted by atomic mass is 35.5. The van der Waals surface area contributed by atoms with Gasteiger partial charge in [-0.1, -0.05) is 29.3 Å². The minimum Gasteiger partial charge on any atom is -0.468 e. The number of amides is 2. The van der Waals surface area contributed by atoms with Crippen molar-refractivity contribution in [2.24, 2.45) is 0 Å². The second-order valence-corrected chi connectivity index (χ2v) is 9.41. The van der Waals surface area contributed by atoms with E-state index in [1.54, 1.807) is 0 Å². The zero-order chi connectivity index (χ0) is 22.8. The molecule has 1 fully saturated rings. The number of nitrogens with zero attached hydrogens (tertiary/aromatic N) is 1. The molecular formula is C19H13Cl2NO7S2. The fourth-order valence-electron chi connectivity index (χ4n) is 2.42. The maximum atomic E-state index is 12.4.